The van der Waals surface area contributed by atoms with Crippen molar-refractivity contribution >= 4 is 11.5 Å². The number of rotatable bonds is 3. The molecule has 0 spiro atoms. The first-order chi connectivity index (χ1) is 7.24. The molecule has 80 valence electrons. The summed E-state index contributed by atoms with van der Waals surface area (Å²) in [6.07, 6.45) is 1.74. The van der Waals surface area contributed by atoms with E-state index < -0.39 is 0 Å². The molecule has 6 heteroatoms. The van der Waals surface area contributed by atoms with Crippen LogP contribution in [0.15, 0.2) is 6.33 Å². The third-order valence-corrected chi connectivity index (χ3v) is 2.96. The Labute approximate surface area is 92.3 Å². The quantitative estimate of drug-likeness (QED) is 0.798. The molecule has 0 aliphatic rings. The first kappa shape index (κ1) is 10.2. The maximum Gasteiger partial charge on any atom is 0.177 e. The van der Waals surface area contributed by atoms with E-state index in [4.69, 9.17) is 0 Å². The Bertz CT molecular complexity index is 445. The van der Waals surface area contributed by atoms with Gasteiger partial charge in [0.2, 0.25) is 0 Å². The summed E-state index contributed by atoms with van der Waals surface area (Å²) < 4.78 is 5.99. The fourth-order valence-corrected chi connectivity index (χ4v) is 2.21. The van der Waals surface area contributed by atoms with Gasteiger partial charge >= 0.3 is 0 Å². The van der Waals surface area contributed by atoms with Gasteiger partial charge in [-0.05, 0) is 24.4 Å². The summed E-state index contributed by atoms with van der Waals surface area (Å²) in [5.74, 6) is 1.23. The SMILES string of the molecule is CCn1cnnc1-c1snnc1C(C)C. The Morgan fingerprint density at radius 3 is 2.87 bits per heavy atom. The van der Waals surface area contributed by atoms with Gasteiger partial charge in [0, 0.05) is 6.54 Å². The monoisotopic (exact) mass is 223 g/mol. The van der Waals surface area contributed by atoms with Gasteiger partial charge in [0.25, 0.3) is 0 Å². The number of hydrogen-bond acceptors (Lipinski definition) is 5. The Hall–Kier alpha value is -1.30. The topological polar surface area (TPSA) is 56.5 Å². The van der Waals surface area contributed by atoms with Crippen molar-refractivity contribution in [2.75, 3.05) is 0 Å². The Balaban J connectivity index is 2.49. The molecule has 0 amide bonds. The van der Waals surface area contributed by atoms with Crippen LogP contribution in [0.4, 0.5) is 0 Å². The summed E-state index contributed by atoms with van der Waals surface area (Å²) in [4.78, 5) is 1.03. The highest BCUT2D eigenvalue weighted by Crippen LogP contribution is 2.28. The second-order valence-electron chi connectivity index (χ2n) is 3.58. The van der Waals surface area contributed by atoms with Crippen molar-refractivity contribution in [1.82, 2.24) is 24.4 Å². The molecule has 2 aromatic rings. The smallest absolute Gasteiger partial charge is 0.177 e. The van der Waals surface area contributed by atoms with Crippen LogP contribution in [-0.2, 0) is 6.54 Å². The number of aromatic nitrogens is 5. The summed E-state index contributed by atoms with van der Waals surface area (Å²) in [6.45, 7) is 7.13. The van der Waals surface area contributed by atoms with Crippen LogP contribution in [-0.4, -0.2) is 24.4 Å². The minimum absolute atomic E-state index is 0.362. The van der Waals surface area contributed by atoms with E-state index in [1.807, 2.05) is 4.57 Å². The van der Waals surface area contributed by atoms with Gasteiger partial charge in [0.1, 0.15) is 11.2 Å². The molecule has 2 rings (SSSR count). The van der Waals surface area contributed by atoms with Gasteiger partial charge in [-0.3, -0.25) is 0 Å². The van der Waals surface area contributed by atoms with Crippen LogP contribution in [0.3, 0.4) is 0 Å². The minimum atomic E-state index is 0.362. The lowest BCUT2D eigenvalue weighted by Gasteiger charge is -2.04. The largest absolute Gasteiger partial charge is 0.313 e. The predicted molar refractivity (Wildman–Crippen MR) is 58.7 cm³/mol. The Morgan fingerprint density at radius 1 is 1.40 bits per heavy atom. The molecule has 0 aromatic carbocycles. The van der Waals surface area contributed by atoms with E-state index in [1.165, 1.54) is 11.5 Å². The molecule has 0 aliphatic carbocycles. The van der Waals surface area contributed by atoms with E-state index in [9.17, 15) is 0 Å². The molecule has 0 aliphatic heterocycles. The highest BCUT2D eigenvalue weighted by Gasteiger charge is 2.17. The highest BCUT2D eigenvalue weighted by molar-refractivity contribution is 7.09. The normalized spacial score (nSPS) is 11.2. The fraction of sp³-hybridized carbons (Fsp3) is 0.556. The van der Waals surface area contributed by atoms with Crippen LogP contribution in [0, 0.1) is 0 Å². The van der Waals surface area contributed by atoms with Crippen molar-refractivity contribution in [1.29, 1.82) is 0 Å². The van der Waals surface area contributed by atoms with Crippen LogP contribution >= 0.6 is 11.5 Å². The summed E-state index contributed by atoms with van der Waals surface area (Å²) in [7, 11) is 0. The zero-order valence-electron chi connectivity index (χ0n) is 9.01. The Morgan fingerprint density at radius 2 is 2.20 bits per heavy atom. The minimum Gasteiger partial charge on any atom is -0.313 e. The van der Waals surface area contributed by atoms with Crippen molar-refractivity contribution in [2.45, 2.75) is 33.2 Å². The second-order valence-corrected chi connectivity index (χ2v) is 4.34. The van der Waals surface area contributed by atoms with E-state index in [0.717, 1.165) is 22.9 Å². The molecule has 0 saturated heterocycles. The fourth-order valence-electron chi connectivity index (χ4n) is 1.39. The molecule has 0 atom stereocenters. The van der Waals surface area contributed by atoms with Crippen LogP contribution in [0.5, 0.6) is 0 Å². The van der Waals surface area contributed by atoms with E-state index in [-0.39, 0.29) is 0 Å². The Kier molecular flexibility index (Phi) is 2.77. The molecular formula is C9H13N5S. The van der Waals surface area contributed by atoms with Gasteiger partial charge in [-0.2, -0.15) is 0 Å². The van der Waals surface area contributed by atoms with Gasteiger partial charge < -0.3 is 4.57 Å². The number of hydrogen-bond donors (Lipinski definition) is 0. The molecule has 0 N–H and O–H groups in total. The van der Waals surface area contributed by atoms with Gasteiger partial charge in [-0.15, -0.1) is 15.3 Å². The van der Waals surface area contributed by atoms with Crippen molar-refractivity contribution in [3.05, 3.63) is 12.0 Å². The molecular weight excluding hydrogens is 210 g/mol. The van der Waals surface area contributed by atoms with Crippen LogP contribution in [0.2, 0.25) is 0 Å². The lowest BCUT2D eigenvalue weighted by molar-refractivity contribution is 0.761. The van der Waals surface area contributed by atoms with Gasteiger partial charge in [-0.25, -0.2) is 0 Å². The molecule has 0 fully saturated rings. The average Bonchev–Trinajstić information content (AvgIpc) is 2.85. The van der Waals surface area contributed by atoms with E-state index in [0.29, 0.717) is 5.92 Å². The van der Waals surface area contributed by atoms with Crippen LogP contribution in [0.25, 0.3) is 10.7 Å². The summed E-state index contributed by atoms with van der Waals surface area (Å²) in [6, 6.07) is 0. The first-order valence-electron chi connectivity index (χ1n) is 4.94. The molecule has 15 heavy (non-hydrogen) atoms. The summed E-state index contributed by atoms with van der Waals surface area (Å²) in [5, 5.41) is 12.2. The lowest BCUT2D eigenvalue weighted by atomic mass is 10.1. The number of nitrogens with zero attached hydrogens (tertiary/aromatic N) is 5. The maximum atomic E-state index is 4.13. The van der Waals surface area contributed by atoms with Crippen molar-refractivity contribution in [2.24, 2.45) is 0 Å². The highest BCUT2D eigenvalue weighted by atomic mass is 32.1. The van der Waals surface area contributed by atoms with E-state index in [1.54, 1.807) is 6.33 Å². The maximum absolute atomic E-state index is 4.13. The van der Waals surface area contributed by atoms with Gasteiger partial charge in [-0.1, -0.05) is 18.3 Å². The molecule has 0 saturated carbocycles. The van der Waals surface area contributed by atoms with E-state index >= 15 is 0 Å². The van der Waals surface area contributed by atoms with Crippen LogP contribution in [0.1, 0.15) is 32.4 Å². The van der Waals surface area contributed by atoms with E-state index in [2.05, 4.69) is 40.6 Å². The molecule has 0 unspecified atom stereocenters. The molecule has 0 radical (unpaired) electrons. The molecule has 0 bridgehead atoms. The molecule has 5 nitrogen and oxygen atoms in total. The number of aryl methyl sites for hydroxylation is 1. The zero-order chi connectivity index (χ0) is 10.8. The van der Waals surface area contributed by atoms with Crippen molar-refractivity contribution < 1.29 is 0 Å². The van der Waals surface area contributed by atoms with Crippen molar-refractivity contribution in [3.8, 4) is 10.7 Å². The summed E-state index contributed by atoms with van der Waals surface area (Å²) in [5.41, 5.74) is 1.00. The third kappa shape index (κ3) is 1.77. The average molecular weight is 223 g/mol. The first-order valence-corrected chi connectivity index (χ1v) is 5.71. The third-order valence-electron chi connectivity index (χ3n) is 2.22. The standard InChI is InChI=1S/C9H13N5S/c1-4-14-5-10-12-9(14)8-7(6(2)3)11-13-15-8/h5-6H,4H2,1-3H3. The molecule has 2 heterocycles. The van der Waals surface area contributed by atoms with Gasteiger partial charge in [0.15, 0.2) is 5.82 Å². The predicted octanol–water partition coefficient (Wildman–Crippen LogP) is 1.94. The lowest BCUT2D eigenvalue weighted by Crippen LogP contribution is -1.98. The zero-order valence-corrected chi connectivity index (χ0v) is 9.82. The second kappa shape index (κ2) is 4.06. The summed E-state index contributed by atoms with van der Waals surface area (Å²) >= 11 is 1.38. The molecule has 2 aromatic heterocycles. The van der Waals surface area contributed by atoms with Crippen molar-refractivity contribution in [3.63, 3.8) is 0 Å². The van der Waals surface area contributed by atoms with Crippen LogP contribution < -0.4 is 0 Å². The van der Waals surface area contributed by atoms with Gasteiger partial charge in [0.05, 0.1) is 5.69 Å².